The van der Waals surface area contributed by atoms with Gasteiger partial charge in [-0.05, 0) is 12.3 Å². The van der Waals surface area contributed by atoms with Crippen LogP contribution >= 0.6 is 0 Å². The van der Waals surface area contributed by atoms with Crippen LogP contribution in [0.15, 0.2) is 12.2 Å². The first-order valence-electron chi connectivity index (χ1n) is 4.80. The Morgan fingerprint density at radius 1 is 1.29 bits per heavy atom. The minimum atomic E-state index is -0.00933. The van der Waals surface area contributed by atoms with Crippen LogP contribution in [-0.4, -0.2) is 36.6 Å². The highest BCUT2D eigenvalue weighted by Crippen LogP contribution is 2.16. The Hall–Kier alpha value is -0.830. The lowest BCUT2D eigenvalue weighted by Crippen LogP contribution is -2.46. The van der Waals surface area contributed by atoms with Gasteiger partial charge in [0.25, 0.3) is 5.91 Å². The van der Waals surface area contributed by atoms with Crippen LogP contribution in [-0.2, 0) is 4.79 Å². The van der Waals surface area contributed by atoms with E-state index < -0.39 is 0 Å². The zero-order chi connectivity index (χ0) is 11.5. The van der Waals surface area contributed by atoms with Crippen LogP contribution in [0.5, 0.6) is 0 Å². The van der Waals surface area contributed by atoms with Gasteiger partial charge in [0.2, 0.25) is 0 Å². The first-order chi connectivity index (χ1) is 6.15. The van der Waals surface area contributed by atoms with Crippen LogP contribution in [0.1, 0.15) is 27.7 Å². The molecule has 0 bridgehead atoms. The Labute approximate surface area is 87.4 Å². The molecule has 0 atom stereocenters. The van der Waals surface area contributed by atoms with Crippen molar-refractivity contribution >= 4 is 5.91 Å². The molecule has 14 heavy (non-hydrogen) atoms. The van der Waals surface area contributed by atoms with Gasteiger partial charge in [0.15, 0.2) is 0 Å². The maximum absolute atomic E-state index is 11.7. The molecule has 0 radical (unpaired) electrons. The number of carbonyl (C=O) groups is 1. The summed E-state index contributed by atoms with van der Waals surface area (Å²) in [7, 11) is 3.74. The van der Waals surface area contributed by atoms with Crippen molar-refractivity contribution < 1.29 is 4.79 Å². The smallest absolute Gasteiger partial charge is 0.263 e. The van der Waals surface area contributed by atoms with Gasteiger partial charge in [0.05, 0.1) is 0 Å². The van der Waals surface area contributed by atoms with Crippen LogP contribution < -0.4 is 0 Å². The average molecular weight is 198 g/mol. The molecule has 0 aliphatic rings. The van der Waals surface area contributed by atoms with Crippen molar-refractivity contribution in [3.05, 3.63) is 12.2 Å². The van der Waals surface area contributed by atoms with Gasteiger partial charge in [-0.15, -0.1) is 0 Å². The number of hydrogen-bond donors (Lipinski definition) is 0. The predicted octanol–water partition coefficient (Wildman–Crippen LogP) is 1.91. The average Bonchev–Trinajstić information content (AvgIpc) is 1.96. The molecule has 3 heteroatoms. The second-order valence-corrected chi connectivity index (χ2v) is 5.05. The second kappa shape index (κ2) is 4.60. The van der Waals surface area contributed by atoms with Gasteiger partial charge in [-0.1, -0.05) is 27.4 Å². The number of nitrogens with zero attached hydrogens (tertiary/aromatic N) is 2. The number of carbonyl (C=O) groups excluding carboxylic acids is 1. The van der Waals surface area contributed by atoms with Crippen molar-refractivity contribution in [3.8, 4) is 0 Å². The van der Waals surface area contributed by atoms with E-state index in [1.165, 1.54) is 0 Å². The van der Waals surface area contributed by atoms with Crippen molar-refractivity contribution in [1.29, 1.82) is 0 Å². The molecule has 82 valence electrons. The van der Waals surface area contributed by atoms with Gasteiger partial charge in [-0.25, -0.2) is 5.01 Å². The summed E-state index contributed by atoms with van der Waals surface area (Å²) in [6.07, 6.45) is 0. The summed E-state index contributed by atoms with van der Waals surface area (Å²) < 4.78 is 0. The highest BCUT2D eigenvalue weighted by molar-refractivity contribution is 5.91. The van der Waals surface area contributed by atoms with Gasteiger partial charge < -0.3 is 0 Å². The number of amides is 1. The maximum atomic E-state index is 11.7. The molecule has 0 saturated carbocycles. The normalized spacial score (nSPS) is 11.6. The third-order valence-corrected chi connectivity index (χ3v) is 1.71. The standard InChI is InChI=1S/C11H22N2O/c1-9(2)10(14)13(12(6)7)8-11(3,4)5/h1,8H2,2-7H3. The molecule has 0 aromatic carbocycles. The lowest BCUT2D eigenvalue weighted by Gasteiger charge is -2.34. The Morgan fingerprint density at radius 2 is 1.71 bits per heavy atom. The molecule has 0 spiro atoms. The lowest BCUT2D eigenvalue weighted by molar-refractivity contribution is -0.142. The van der Waals surface area contributed by atoms with Crippen LogP contribution in [0.3, 0.4) is 0 Å². The van der Waals surface area contributed by atoms with Crippen molar-refractivity contribution in [1.82, 2.24) is 10.0 Å². The minimum absolute atomic E-state index is 0.00933. The number of hydrogen-bond acceptors (Lipinski definition) is 2. The summed E-state index contributed by atoms with van der Waals surface area (Å²) in [4.78, 5) is 11.7. The molecular formula is C11H22N2O. The van der Waals surface area contributed by atoms with Crippen LogP contribution in [0.25, 0.3) is 0 Å². The second-order valence-electron chi connectivity index (χ2n) is 5.05. The molecule has 0 heterocycles. The Bertz CT molecular complexity index is 226. The molecule has 0 aromatic heterocycles. The van der Waals surface area contributed by atoms with E-state index in [9.17, 15) is 4.79 Å². The summed E-state index contributed by atoms with van der Waals surface area (Å²) in [6, 6.07) is 0. The molecule has 0 aromatic rings. The molecule has 0 unspecified atom stereocenters. The molecule has 0 aliphatic heterocycles. The third-order valence-electron chi connectivity index (χ3n) is 1.71. The first-order valence-corrected chi connectivity index (χ1v) is 4.80. The van der Waals surface area contributed by atoms with Gasteiger partial charge >= 0.3 is 0 Å². The highest BCUT2D eigenvalue weighted by atomic mass is 16.2. The highest BCUT2D eigenvalue weighted by Gasteiger charge is 2.22. The molecule has 0 aliphatic carbocycles. The molecule has 0 saturated heterocycles. The fourth-order valence-electron chi connectivity index (χ4n) is 1.06. The Morgan fingerprint density at radius 3 is 1.93 bits per heavy atom. The zero-order valence-corrected chi connectivity index (χ0v) is 10.2. The largest absolute Gasteiger partial charge is 0.272 e. The molecule has 3 nitrogen and oxygen atoms in total. The molecule has 0 rings (SSSR count). The third kappa shape index (κ3) is 4.42. The molecule has 0 fully saturated rings. The van der Waals surface area contributed by atoms with Crippen molar-refractivity contribution in [2.75, 3.05) is 20.6 Å². The predicted molar refractivity (Wildman–Crippen MR) is 59.7 cm³/mol. The zero-order valence-electron chi connectivity index (χ0n) is 10.2. The van der Waals surface area contributed by atoms with Crippen LogP contribution in [0.4, 0.5) is 0 Å². The number of hydrazine groups is 1. The number of rotatable bonds is 3. The van der Waals surface area contributed by atoms with Crippen molar-refractivity contribution in [2.45, 2.75) is 27.7 Å². The SMILES string of the molecule is C=C(C)C(=O)N(CC(C)(C)C)N(C)C. The van der Waals surface area contributed by atoms with E-state index >= 15 is 0 Å². The summed E-state index contributed by atoms with van der Waals surface area (Å²) in [5.41, 5.74) is 0.665. The Balaban J connectivity index is 4.62. The molecule has 1 amide bonds. The quantitative estimate of drug-likeness (QED) is 0.511. The fraction of sp³-hybridized carbons (Fsp3) is 0.727. The van der Waals surface area contributed by atoms with Crippen LogP contribution in [0.2, 0.25) is 0 Å². The lowest BCUT2D eigenvalue weighted by atomic mass is 9.96. The summed E-state index contributed by atoms with van der Waals surface area (Å²) in [5, 5.41) is 3.52. The molecular weight excluding hydrogens is 176 g/mol. The van der Waals surface area contributed by atoms with Crippen molar-refractivity contribution in [2.24, 2.45) is 5.41 Å². The van der Waals surface area contributed by atoms with Crippen LogP contribution in [0, 0.1) is 5.41 Å². The van der Waals surface area contributed by atoms with Crippen molar-refractivity contribution in [3.63, 3.8) is 0 Å². The Kier molecular flexibility index (Phi) is 4.33. The van der Waals surface area contributed by atoms with Gasteiger partial charge in [-0.3, -0.25) is 9.80 Å². The fourth-order valence-corrected chi connectivity index (χ4v) is 1.06. The molecule has 0 N–H and O–H groups in total. The van der Waals surface area contributed by atoms with E-state index in [1.807, 2.05) is 19.1 Å². The van der Waals surface area contributed by atoms with E-state index in [1.54, 1.807) is 11.9 Å². The maximum Gasteiger partial charge on any atom is 0.263 e. The van der Waals surface area contributed by atoms with E-state index in [-0.39, 0.29) is 11.3 Å². The minimum Gasteiger partial charge on any atom is -0.272 e. The van der Waals surface area contributed by atoms with Gasteiger partial charge in [0.1, 0.15) is 0 Å². The van der Waals surface area contributed by atoms with E-state index in [4.69, 9.17) is 0 Å². The van der Waals surface area contributed by atoms with E-state index in [0.717, 1.165) is 0 Å². The van der Waals surface area contributed by atoms with Gasteiger partial charge in [0, 0.05) is 26.2 Å². The van der Waals surface area contributed by atoms with E-state index in [2.05, 4.69) is 27.4 Å². The van der Waals surface area contributed by atoms with Gasteiger partial charge in [-0.2, -0.15) is 0 Å². The topological polar surface area (TPSA) is 23.6 Å². The first kappa shape index (κ1) is 13.2. The summed E-state index contributed by atoms with van der Waals surface area (Å²) in [6.45, 7) is 12.4. The monoisotopic (exact) mass is 198 g/mol. The summed E-state index contributed by atoms with van der Waals surface area (Å²) in [5.74, 6) is -0.00933. The summed E-state index contributed by atoms with van der Waals surface area (Å²) >= 11 is 0. The van der Waals surface area contributed by atoms with E-state index in [0.29, 0.717) is 12.1 Å².